The Kier molecular flexibility index (Phi) is 6.01. The molecule has 6 nitrogen and oxygen atoms in total. The van der Waals surface area contributed by atoms with Crippen LogP contribution in [-0.2, 0) is 14.8 Å². The first-order valence-corrected chi connectivity index (χ1v) is 10.00. The van der Waals surface area contributed by atoms with E-state index in [0.29, 0.717) is 5.69 Å². The first kappa shape index (κ1) is 18.2. The summed E-state index contributed by atoms with van der Waals surface area (Å²) in [5.41, 5.74) is 0.516. The molecular weight excluding hydrogens is 354 g/mol. The zero-order chi connectivity index (χ0) is 17.0. The molecule has 23 heavy (non-hydrogen) atoms. The van der Waals surface area contributed by atoms with E-state index in [1.54, 1.807) is 6.92 Å². The maximum absolute atomic E-state index is 12.2. The summed E-state index contributed by atoms with van der Waals surface area (Å²) >= 11 is 6.72. The third-order valence-electron chi connectivity index (χ3n) is 3.46. The van der Waals surface area contributed by atoms with Gasteiger partial charge in [0.05, 0.1) is 10.1 Å². The molecule has 1 amide bonds. The molecule has 3 N–H and O–H groups in total. The zero-order valence-electron chi connectivity index (χ0n) is 12.7. The minimum atomic E-state index is -3.73. The van der Waals surface area contributed by atoms with Crippen LogP contribution in [0, 0.1) is 0 Å². The van der Waals surface area contributed by atoms with Crippen molar-refractivity contribution in [2.24, 2.45) is 5.14 Å². The van der Waals surface area contributed by atoms with E-state index < -0.39 is 10.0 Å². The largest absolute Gasteiger partial charge is 0.358 e. The van der Waals surface area contributed by atoms with Gasteiger partial charge in [0.1, 0.15) is 4.32 Å². The quantitative estimate of drug-likeness (QED) is 0.782. The van der Waals surface area contributed by atoms with Crippen molar-refractivity contribution in [1.82, 2.24) is 4.90 Å². The smallest absolute Gasteiger partial charge is 0.238 e. The predicted molar refractivity (Wildman–Crippen MR) is 96.9 cm³/mol. The average Bonchev–Trinajstić information content (AvgIpc) is 3.01. The van der Waals surface area contributed by atoms with Crippen LogP contribution in [0.15, 0.2) is 29.2 Å². The molecule has 1 aromatic rings. The van der Waals surface area contributed by atoms with Crippen LogP contribution in [0.5, 0.6) is 0 Å². The number of sulfonamides is 1. The first-order chi connectivity index (χ1) is 10.8. The first-order valence-electron chi connectivity index (χ1n) is 7.16. The molecule has 0 saturated carbocycles. The lowest BCUT2D eigenvalue weighted by Gasteiger charge is -2.20. The van der Waals surface area contributed by atoms with E-state index in [0.717, 1.165) is 30.3 Å². The number of nitrogens with two attached hydrogens (primary N) is 1. The lowest BCUT2D eigenvalue weighted by Crippen LogP contribution is -2.29. The molecule has 1 aliphatic rings. The Balaban J connectivity index is 1.91. The summed E-state index contributed by atoms with van der Waals surface area (Å²) < 4.78 is 23.1. The fraction of sp³-hybridized carbons (Fsp3) is 0.429. The standard InChI is InChI=1S/C14H19N3O3S3/c1-10(22-14(21)17-8-2-3-9-17)13(18)16-11-4-6-12(7-5-11)23(15,19)20/h4-7,10H,2-3,8-9H2,1H3,(H,16,18)(H2,15,19,20). The van der Waals surface area contributed by atoms with Crippen LogP contribution in [0.4, 0.5) is 5.69 Å². The molecule has 0 radical (unpaired) electrons. The highest BCUT2D eigenvalue weighted by molar-refractivity contribution is 8.23. The summed E-state index contributed by atoms with van der Waals surface area (Å²) in [6, 6.07) is 5.73. The van der Waals surface area contributed by atoms with Crippen molar-refractivity contribution in [3.8, 4) is 0 Å². The molecule has 1 atom stereocenters. The van der Waals surface area contributed by atoms with Crippen molar-refractivity contribution in [1.29, 1.82) is 0 Å². The number of thioether (sulfide) groups is 1. The molecular formula is C14H19N3O3S3. The van der Waals surface area contributed by atoms with E-state index in [1.165, 1.54) is 36.0 Å². The number of benzene rings is 1. The van der Waals surface area contributed by atoms with Gasteiger partial charge >= 0.3 is 0 Å². The summed E-state index contributed by atoms with van der Waals surface area (Å²) in [6.07, 6.45) is 2.27. The molecule has 1 fully saturated rings. The molecule has 0 spiro atoms. The highest BCUT2D eigenvalue weighted by atomic mass is 32.2. The number of hydrogen-bond acceptors (Lipinski definition) is 5. The SMILES string of the molecule is CC(SC(=S)N1CCCC1)C(=O)Nc1ccc(S(N)(=O)=O)cc1. The van der Waals surface area contributed by atoms with Gasteiger partial charge in [-0.3, -0.25) is 4.79 Å². The van der Waals surface area contributed by atoms with Gasteiger partial charge in [0.15, 0.2) is 0 Å². The lowest BCUT2D eigenvalue weighted by molar-refractivity contribution is -0.115. The Bertz CT molecular complexity index is 683. The van der Waals surface area contributed by atoms with Crippen molar-refractivity contribution in [2.45, 2.75) is 29.9 Å². The fourth-order valence-electron chi connectivity index (χ4n) is 2.15. The number of carbonyl (C=O) groups is 1. The second-order valence-electron chi connectivity index (χ2n) is 5.28. The topological polar surface area (TPSA) is 92.5 Å². The second kappa shape index (κ2) is 7.61. The lowest BCUT2D eigenvalue weighted by atomic mass is 10.3. The van der Waals surface area contributed by atoms with Crippen LogP contribution in [-0.4, -0.2) is 41.9 Å². The maximum Gasteiger partial charge on any atom is 0.238 e. The molecule has 0 bridgehead atoms. The number of carbonyl (C=O) groups excluding carboxylic acids is 1. The van der Waals surface area contributed by atoms with Crippen LogP contribution in [0.2, 0.25) is 0 Å². The van der Waals surface area contributed by atoms with Gasteiger partial charge in [0.25, 0.3) is 0 Å². The number of nitrogens with one attached hydrogen (secondary N) is 1. The molecule has 1 unspecified atom stereocenters. The molecule has 2 rings (SSSR count). The monoisotopic (exact) mass is 373 g/mol. The van der Waals surface area contributed by atoms with Crippen LogP contribution in [0.3, 0.4) is 0 Å². The van der Waals surface area contributed by atoms with Gasteiger partial charge in [0.2, 0.25) is 15.9 Å². The highest BCUT2D eigenvalue weighted by Crippen LogP contribution is 2.21. The third-order valence-corrected chi connectivity index (χ3v) is 5.97. The molecule has 126 valence electrons. The summed E-state index contributed by atoms with van der Waals surface area (Å²) in [5, 5.41) is 7.44. The van der Waals surface area contributed by atoms with Gasteiger partial charge in [-0.25, -0.2) is 13.6 Å². The van der Waals surface area contributed by atoms with E-state index in [-0.39, 0.29) is 16.1 Å². The molecule has 1 aliphatic heterocycles. The summed E-state index contributed by atoms with van der Waals surface area (Å²) in [6.45, 7) is 3.70. The van der Waals surface area contributed by atoms with E-state index in [4.69, 9.17) is 17.4 Å². The number of primary sulfonamides is 1. The summed E-state index contributed by atoms with van der Waals surface area (Å²) in [7, 11) is -3.73. The molecule has 0 aromatic heterocycles. The van der Waals surface area contributed by atoms with Gasteiger partial charge in [-0.15, -0.1) is 0 Å². The number of hydrogen-bond donors (Lipinski definition) is 2. The van der Waals surface area contributed by atoms with Crippen molar-refractivity contribution in [3.05, 3.63) is 24.3 Å². The van der Waals surface area contributed by atoms with E-state index >= 15 is 0 Å². The molecule has 1 saturated heterocycles. The van der Waals surface area contributed by atoms with Gasteiger partial charge < -0.3 is 10.2 Å². The van der Waals surface area contributed by atoms with Gasteiger partial charge in [0, 0.05) is 18.8 Å². The van der Waals surface area contributed by atoms with Crippen molar-refractivity contribution >= 4 is 49.9 Å². The van der Waals surface area contributed by atoms with Gasteiger partial charge in [-0.2, -0.15) is 0 Å². The number of nitrogens with zero attached hydrogens (tertiary/aromatic N) is 1. The predicted octanol–water partition coefficient (Wildman–Crippen LogP) is 1.77. The molecule has 1 aromatic carbocycles. The Morgan fingerprint density at radius 2 is 1.87 bits per heavy atom. The van der Waals surface area contributed by atoms with Crippen LogP contribution >= 0.6 is 24.0 Å². The van der Waals surface area contributed by atoms with Gasteiger partial charge in [-0.05, 0) is 44.0 Å². The average molecular weight is 374 g/mol. The normalized spacial score (nSPS) is 16.2. The van der Waals surface area contributed by atoms with E-state index in [2.05, 4.69) is 10.2 Å². The number of anilines is 1. The van der Waals surface area contributed by atoms with E-state index in [1.807, 2.05) is 0 Å². The fourth-order valence-corrected chi connectivity index (χ4v) is 4.08. The number of likely N-dealkylation sites (tertiary alicyclic amines) is 1. The summed E-state index contributed by atoms with van der Waals surface area (Å²) in [4.78, 5) is 14.3. The van der Waals surface area contributed by atoms with Crippen LogP contribution in [0.1, 0.15) is 19.8 Å². The van der Waals surface area contributed by atoms with Crippen molar-refractivity contribution < 1.29 is 13.2 Å². The van der Waals surface area contributed by atoms with Crippen LogP contribution < -0.4 is 10.5 Å². The molecule has 9 heteroatoms. The number of thiocarbonyl (C=S) groups is 1. The van der Waals surface area contributed by atoms with Gasteiger partial charge in [-0.1, -0.05) is 24.0 Å². The Hall–Kier alpha value is -1.16. The zero-order valence-corrected chi connectivity index (χ0v) is 15.1. The minimum Gasteiger partial charge on any atom is -0.358 e. The Morgan fingerprint density at radius 1 is 1.30 bits per heavy atom. The third kappa shape index (κ3) is 5.17. The van der Waals surface area contributed by atoms with Crippen molar-refractivity contribution in [2.75, 3.05) is 18.4 Å². The van der Waals surface area contributed by atoms with Crippen molar-refractivity contribution in [3.63, 3.8) is 0 Å². The molecule has 1 heterocycles. The number of amides is 1. The Labute approximate surface area is 145 Å². The highest BCUT2D eigenvalue weighted by Gasteiger charge is 2.21. The molecule has 0 aliphatic carbocycles. The van der Waals surface area contributed by atoms with E-state index in [9.17, 15) is 13.2 Å². The Morgan fingerprint density at radius 3 is 2.39 bits per heavy atom. The maximum atomic E-state index is 12.2. The number of rotatable bonds is 4. The minimum absolute atomic E-state index is 0.00753. The summed E-state index contributed by atoms with van der Waals surface area (Å²) in [5.74, 6) is -0.181. The van der Waals surface area contributed by atoms with Crippen LogP contribution in [0.25, 0.3) is 0 Å². The second-order valence-corrected chi connectivity index (χ2v) is 8.81.